The van der Waals surface area contributed by atoms with Crippen LogP contribution in [0.1, 0.15) is 44.6 Å². The fraction of sp³-hybridized carbons (Fsp3) is 0.371. The van der Waals surface area contributed by atoms with Gasteiger partial charge in [0.1, 0.15) is 24.1 Å². The van der Waals surface area contributed by atoms with E-state index in [9.17, 15) is 4.79 Å². The lowest BCUT2D eigenvalue weighted by molar-refractivity contribution is -0.150. The van der Waals surface area contributed by atoms with E-state index < -0.39 is 20.7 Å². The molecule has 0 radical (unpaired) electrons. The summed E-state index contributed by atoms with van der Waals surface area (Å²) in [5.74, 6) is 1.54. The Morgan fingerprint density at radius 1 is 1.12 bits per heavy atom. The Labute approximate surface area is 291 Å². The maximum absolute atomic E-state index is 13.6. The van der Waals surface area contributed by atoms with Crippen molar-refractivity contribution in [2.24, 2.45) is 5.92 Å². The molecule has 14 heteroatoms. The van der Waals surface area contributed by atoms with Crippen molar-refractivity contribution in [1.29, 1.82) is 0 Å². The number of carbonyl (C=O) groups is 1. The lowest BCUT2D eigenvalue weighted by Gasteiger charge is -2.26. The van der Waals surface area contributed by atoms with Gasteiger partial charge < -0.3 is 29.0 Å². The molecule has 1 aliphatic heterocycles. The van der Waals surface area contributed by atoms with Gasteiger partial charge in [0.15, 0.2) is 11.2 Å². The first-order chi connectivity index (χ1) is 23.8. The van der Waals surface area contributed by atoms with Crippen LogP contribution in [0.2, 0.25) is 0 Å². The maximum Gasteiger partial charge on any atom is 0.324 e. The predicted molar refractivity (Wildman–Crippen MR) is 192 cm³/mol. The number of nitrogens with two attached hydrogens (primary N) is 1. The number of imidazole rings is 1. The normalized spacial score (nSPS) is 19.5. The van der Waals surface area contributed by atoms with Crippen molar-refractivity contribution in [3.8, 4) is 11.6 Å². The Bertz CT molecular complexity index is 1860. The maximum atomic E-state index is 13.6. The standard InChI is InChI=1S/C35H41N6O6PS/c1-22-19-26(46-33(22)41-21-37-30-31(41)38-35(36)39-32(30)43-3)20-44-48(47-29-16-10-14-25-13-8-9-15-27(25)29)40-28(17-18-49-4)34(42)45-23(2)24-11-6-5-7-12-24/h5-16,21-23,26,28,33,40H,17-20H2,1-4H3,(H2,36,38,39)/t22?,23?,26?,28-,33?,48?/m0/s1. The number of rotatable bonds is 15. The molecule has 1 saturated heterocycles. The number of ether oxygens (including phenoxy) is 3. The molecule has 0 spiro atoms. The zero-order valence-corrected chi connectivity index (χ0v) is 29.6. The van der Waals surface area contributed by atoms with Crippen molar-refractivity contribution in [2.45, 2.75) is 51.2 Å². The molecule has 258 valence electrons. The second-order valence-corrected chi connectivity index (χ2v) is 14.0. The first-order valence-corrected chi connectivity index (χ1v) is 18.7. The van der Waals surface area contributed by atoms with Crippen molar-refractivity contribution in [3.05, 3.63) is 84.7 Å². The Morgan fingerprint density at radius 3 is 2.69 bits per heavy atom. The topological polar surface area (TPSA) is 145 Å². The monoisotopic (exact) mass is 704 g/mol. The third-order valence-electron chi connectivity index (χ3n) is 8.35. The highest BCUT2D eigenvalue weighted by Crippen LogP contribution is 2.43. The van der Waals surface area contributed by atoms with Gasteiger partial charge in [-0.3, -0.25) is 9.36 Å². The summed E-state index contributed by atoms with van der Waals surface area (Å²) < 4.78 is 32.7. The van der Waals surface area contributed by atoms with Crippen LogP contribution in [0, 0.1) is 5.92 Å². The molecule has 1 aliphatic rings. The third-order valence-corrected chi connectivity index (χ3v) is 10.3. The molecule has 49 heavy (non-hydrogen) atoms. The van der Waals surface area contributed by atoms with Crippen LogP contribution in [0.5, 0.6) is 11.6 Å². The van der Waals surface area contributed by atoms with Crippen LogP contribution in [0.3, 0.4) is 0 Å². The van der Waals surface area contributed by atoms with Gasteiger partial charge in [0.05, 0.1) is 26.1 Å². The van der Waals surface area contributed by atoms with E-state index in [-0.39, 0.29) is 36.8 Å². The quantitative estimate of drug-likeness (QED) is 0.0870. The third kappa shape index (κ3) is 8.25. The first kappa shape index (κ1) is 34.8. The number of benzene rings is 3. The molecule has 6 atom stereocenters. The van der Waals surface area contributed by atoms with E-state index >= 15 is 0 Å². The Balaban J connectivity index is 1.20. The minimum Gasteiger partial charge on any atom is -0.479 e. The summed E-state index contributed by atoms with van der Waals surface area (Å²) in [6, 6.07) is 22.9. The molecule has 12 nitrogen and oxygen atoms in total. The highest BCUT2D eigenvalue weighted by molar-refractivity contribution is 7.98. The highest BCUT2D eigenvalue weighted by atomic mass is 32.2. The van der Waals surface area contributed by atoms with E-state index in [4.69, 9.17) is 29.0 Å². The smallest absolute Gasteiger partial charge is 0.324 e. The van der Waals surface area contributed by atoms with E-state index in [0.717, 1.165) is 22.1 Å². The summed E-state index contributed by atoms with van der Waals surface area (Å²) in [5.41, 5.74) is 7.92. The van der Waals surface area contributed by atoms with Crippen molar-refractivity contribution in [1.82, 2.24) is 24.6 Å². The minimum absolute atomic E-state index is 0.0895. The van der Waals surface area contributed by atoms with Gasteiger partial charge in [-0.2, -0.15) is 21.7 Å². The van der Waals surface area contributed by atoms with E-state index in [0.29, 0.717) is 35.6 Å². The zero-order chi connectivity index (χ0) is 34.3. The first-order valence-electron chi connectivity index (χ1n) is 16.1. The Morgan fingerprint density at radius 2 is 1.90 bits per heavy atom. The fourth-order valence-electron chi connectivity index (χ4n) is 5.85. The van der Waals surface area contributed by atoms with Gasteiger partial charge in [0.2, 0.25) is 11.8 Å². The number of carbonyl (C=O) groups excluding carboxylic acids is 1. The molecule has 5 unspecified atom stereocenters. The SMILES string of the molecule is COc1nc(N)nc2c1ncn2C1OC(COP(N[C@@H](CCSC)C(=O)OC(C)c2ccccc2)Oc2cccc3ccccc23)CC1C. The molecule has 0 bridgehead atoms. The average Bonchev–Trinajstić information content (AvgIpc) is 3.71. The summed E-state index contributed by atoms with van der Waals surface area (Å²) in [6.45, 7) is 4.20. The van der Waals surface area contributed by atoms with Gasteiger partial charge in [-0.15, -0.1) is 0 Å². The molecule has 3 N–H and O–H groups in total. The summed E-state index contributed by atoms with van der Waals surface area (Å²) in [7, 11) is -0.302. The van der Waals surface area contributed by atoms with Gasteiger partial charge in [-0.05, 0) is 48.8 Å². The van der Waals surface area contributed by atoms with Crippen LogP contribution >= 0.6 is 20.3 Å². The molecule has 1 fully saturated rings. The molecule has 0 aliphatic carbocycles. The van der Waals surface area contributed by atoms with Crippen molar-refractivity contribution >= 4 is 54.1 Å². The van der Waals surface area contributed by atoms with Crippen molar-refractivity contribution in [3.63, 3.8) is 0 Å². The molecular weight excluding hydrogens is 663 g/mol. The Hall–Kier alpha value is -4.00. The summed E-state index contributed by atoms with van der Waals surface area (Å²) >= 11 is 1.66. The number of methoxy groups -OCH3 is 1. The molecule has 6 rings (SSSR count). The zero-order valence-electron chi connectivity index (χ0n) is 27.9. The van der Waals surface area contributed by atoms with E-state index in [2.05, 4.69) is 27.0 Å². The molecular formula is C35H41N6O6PS. The number of nitrogen functional groups attached to an aromatic ring is 1. The second kappa shape index (κ2) is 16.1. The molecule has 3 heterocycles. The molecule has 0 amide bonds. The number of fused-ring (bicyclic) bond motifs is 2. The summed E-state index contributed by atoms with van der Waals surface area (Å²) in [6.07, 6.45) is 3.88. The lowest BCUT2D eigenvalue weighted by atomic mass is 10.1. The number of anilines is 1. The predicted octanol–water partition coefficient (Wildman–Crippen LogP) is 6.83. The fourth-order valence-corrected chi connectivity index (χ4v) is 7.63. The molecule has 5 aromatic rings. The van der Waals surface area contributed by atoms with Gasteiger partial charge in [-0.1, -0.05) is 73.7 Å². The second-order valence-electron chi connectivity index (χ2n) is 11.9. The van der Waals surface area contributed by atoms with E-state index in [1.54, 1.807) is 18.1 Å². The van der Waals surface area contributed by atoms with Crippen molar-refractivity contribution < 1.29 is 28.1 Å². The van der Waals surface area contributed by atoms with Crippen LogP contribution in [0.25, 0.3) is 21.9 Å². The number of nitrogens with zero attached hydrogens (tertiary/aromatic N) is 4. The minimum atomic E-state index is -1.82. The number of hydrogen-bond donors (Lipinski definition) is 2. The van der Waals surface area contributed by atoms with Crippen molar-refractivity contribution in [2.75, 3.05) is 31.5 Å². The summed E-state index contributed by atoms with van der Waals surface area (Å²) in [5, 5.41) is 5.37. The van der Waals surface area contributed by atoms with Crippen LogP contribution in [0.15, 0.2) is 79.1 Å². The largest absolute Gasteiger partial charge is 0.479 e. The van der Waals surface area contributed by atoms with Crippen LogP contribution in [0.4, 0.5) is 5.95 Å². The van der Waals surface area contributed by atoms with Crippen LogP contribution < -0.4 is 20.1 Å². The molecule has 0 saturated carbocycles. The van der Waals surface area contributed by atoms with Gasteiger partial charge in [-0.25, -0.2) is 10.1 Å². The van der Waals surface area contributed by atoms with Gasteiger partial charge in [0.25, 0.3) is 0 Å². The van der Waals surface area contributed by atoms with Crippen LogP contribution in [-0.4, -0.2) is 63.4 Å². The van der Waals surface area contributed by atoms with Gasteiger partial charge >= 0.3 is 14.5 Å². The van der Waals surface area contributed by atoms with E-state index in [1.807, 2.05) is 90.5 Å². The number of thioether (sulfide) groups is 1. The van der Waals surface area contributed by atoms with E-state index in [1.165, 1.54) is 7.11 Å². The van der Waals surface area contributed by atoms with Gasteiger partial charge in [0, 0.05) is 11.3 Å². The number of hydrogen-bond acceptors (Lipinski definition) is 12. The number of esters is 1. The average molecular weight is 705 g/mol. The summed E-state index contributed by atoms with van der Waals surface area (Å²) in [4.78, 5) is 26.6. The number of aromatic nitrogens is 4. The number of nitrogens with one attached hydrogen (secondary N) is 1. The molecule has 3 aromatic carbocycles. The highest BCUT2D eigenvalue weighted by Gasteiger charge is 2.36. The Kier molecular flexibility index (Phi) is 11.5. The molecule has 2 aromatic heterocycles. The van der Waals surface area contributed by atoms with Crippen LogP contribution in [-0.2, 0) is 18.8 Å². The lowest BCUT2D eigenvalue weighted by Crippen LogP contribution is -2.37.